The largest absolute Gasteiger partial charge is 0.338 e. The van der Waals surface area contributed by atoms with E-state index in [1.807, 2.05) is 42.6 Å². The van der Waals surface area contributed by atoms with E-state index in [4.69, 9.17) is 15.0 Å². The van der Waals surface area contributed by atoms with Crippen molar-refractivity contribution in [2.75, 3.05) is 0 Å². The zero-order valence-electron chi connectivity index (χ0n) is 17.3. The van der Waals surface area contributed by atoms with Crippen molar-refractivity contribution >= 4 is 33.8 Å². The highest BCUT2D eigenvalue weighted by Crippen LogP contribution is 2.28. The zero-order chi connectivity index (χ0) is 20.7. The number of aliphatic imine (C=N–C) groups is 1. The molecule has 30 heavy (non-hydrogen) atoms. The first-order valence-corrected chi connectivity index (χ1v) is 10.1. The van der Waals surface area contributed by atoms with Gasteiger partial charge in [-0.2, -0.15) is 0 Å². The number of para-hydroxylation sites is 3. The van der Waals surface area contributed by atoms with E-state index in [1.54, 1.807) is 0 Å². The van der Waals surface area contributed by atoms with Gasteiger partial charge < -0.3 is 4.98 Å². The molecule has 5 rings (SSSR count). The number of aryl methyl sites for hydroxylation is 3. The summed E-state index contributed by atoms with van der Waals surface area (Å²) in [7, 11) is 0. The topological polar surface area (TPSA) is 53.9 Å². The van der Waals surface area contributed by atoms with Crippen molar-refractivity contribution in [3.63, 3.8) is 0 Å². The number of H-pyrrole nitrogens is 1. The lowest BCUT2D eigenvalue weighted by molar-refractivity contribution is 1.28. The van der Waals surface area contributed by atoms with Crippen LogP contribution in [0.25, 0.3) is 33.3 Å². The van der Waals surface area contributed by atoms with Gasteiger partial charge in [-0.05, 0) is 56.2 Å². The number of aromatic nitrogens is 3. The molecule has 0 aliphatic carbocycles. The van der Waals surface area contributed by atoms with Crippen molar-refractivity contribution in [3.05, 3.63) is 89.1 Å². The molecule has 4 heteroatoms. The monoisotopic (exact) mass is 390 g/mol. The number of hydrogen-bond donors (Lipinski definition) is 1. The number of nitrogens with zero attached hydrogens (tertiary/aromatic N) is 3. The van der Waals surface area contributed by atoms with E-state index in [2.05, 4.69) is 56.1 Å². The third-order valence-corrected chi connectivity index (χ3v) is 5.35. The van der Waals surface area contributed by atoms with Gasteiger partial charge in [0.05, 0.1) is 34.1 Å². The molecule has 0 unspecified atom stereocenters. The molecule has 0 saturated carbocycles. The maximum atomic E-state index is 4.90. The molecule has 0 aliphatic heterocycles. The number of nitrogens with one attached hydrogen (secondary N) is 1. The number of pyridine rings is 1. The summed E-state index contributed by atoms with van der Waals surface area (Å²) < 4.78 is 0. The molecule has 3 aromatic carbocycles. The van der Waals surface area contributed by atoms with Crippen molar-refractivity contribution in [3.8, 4) is 11.4 Å². The Balaban J connectivity index is 1.60. The summed E-state index contributed by atoms with van der Waals surface area (Å²) >= 11 is 0. The van der Waals surface area contributed by atoms with Gasteiger partial charge in [0, 0.05) is 10.9 Å². The van der Waals surface area contributed by atoms with Gasteiger partial charge in [-0.25, -0.2) is 9.97 Å². The Morgan fingerprint density at radius 3 is 2.43 bits per heavy atom. The molecule has 0 radical (unpaired) electrons. The normalized spacial score (nSPS) is 11.7. The molecular weight excluding hydrogens is 368 g/mol. The van der Waals surface area contributed by atoms with Crippen molar-refractivity contribution < 1.29 is 0 Å². The Kier molecular flexibility index (Phi) is 4.40. The van der Waals surface area contributed by atoms with E-state index in [1.165, 1.54) is 16.7 Å². The first-order chi connectivity index (χ1) is 14.6. The van der Waals surface area contributed by atoms with Gasteiger partial charge in [-0.15, -0.1) is 0 Å². The highest BCUT2D eigenvalue weighted by molar-refractivity contribution is 5.95. The predicted molar refractivity (Wildman–Crippen MR) is 125 cm³/mol. The summed E-state index contributed by atoms with van der Waals surface area (Å²) in [5.41, 5.74) is 9.31. The van der Waals surface area contributed by atoms with E-state index in [-0.39, 0.29) is 0 Å². The van der Waals surface area contributed by atoms with Gasteiger partial charge in [0.15, 0.2) is 0 Å². The van der Waals surface area contributed by atoms with Crippen LogP contribution in [0, 0.1) is 20.8 Å². The number of fused-ring (bicyclic) bond motifs is 2. The maximum Gasteiger partial charge on any atom is 0.140 e. The number of aromatic amines is 1. The average molecular weight is 390 g/mol. The molecule has 0 spiro atoms. The summed E-state index contributed by atoms with van der Waals surface area (Å²) in [6.45, 7) is 6.30. The van der Waals surface area contributed by atoms with E-state index in [0.717, 1.165) is 44.7 Å². The minimum Gasteiger partial charge on any atom is -0.338 e. The molecule has 1 N–H and O–H groups in total. The standard InChI is InChI=1S/C26H22N4/c1-16-13-17(2)24(18(3)14-16)27-15-20-12-11-19-7-6-8-21(25(19)28-20)26-29-22-9-4-5-10-23(22)30-26/h4-15H,1-3H3,(H,29,30). The van der Waals surface area contributed by atoms with E-state index in [0.29, 0.717) is 0 Å². The van der Waals surface area contributed by atoms with Crippen LogP contribution in [0.1, 0.15) is 22.4 Å². The Morgan fingerprint density at radius 2 is 1.63 bits per heavy atom. The van der Waals surface area contributed by atoms with Crippen LogP contribution in [0.4, 0.5) is 5.69 Å². The van der Waals surface area contributed by atoms with Crippen LogP contribution in [0.2, 0.25) is 0 Å². The molecule has 146 valence electrons. The molecule has 0 atom stereocenters. The summed E-state index contributed by atoms with van der Waals surface area (Å²) in [4.78, 5) is 17.8. The van der Waals surface area contributed by atoms with E-state index in [9.17, 15) is 0 Å². The molecule has 0 saturated heterocycles. The smallest absolute Gasteiger partial charge is 0.140 e. The third-order valence-electron chi connectivity index (χ3n) is 5.35. The van der Waals surface area contributed by atoms with Crippen LogP contribution in [0.3, 0.4) is 0 Å². The highest BCUT2D eigenvalue weighted by Gasteiger charge is 2.10. The second kappa shape index (κ2) is 7.23. The van der Waals surface area contributed by atoms with E-state index < -0.39 is 0 Å². The van der Waals surface area contributed by atoms with Crippen LogP contribution >= 0.6 is 0 Å². The second-order valence-electron chi connectivity index (χ2n) is 7.72. The number of imidazole rings is 1. The van der Waals surface area contributed by atoms with Gasteiger partial charge >= 0.3 is 0 Å². The fraction of sp³-hybridized carbons (Fsp3) is 0.115. The van der Waals surface area contributed by atoms with Gasteiger partial charge in [-0.3, -0.25) is 4.99 Å². The Labute approximate surface area is 175 Å². The molecule has 2 aromatic heterocycles. The highest BCUT2D eigenvalue weighted by atomic mass is 14.9. The van der Waals surface area contributed by atoms with Crippen molar-refractivity contribution in [1.82, 2.24) is 15.0 Å². The van der Waals surface area contributed by atoms with Crippen LogP contribution in [-0.4, -0.2) is 21.2 Å². The lowest BCUT2D eigenvalue weighted by Crippen LogP contribution is -1.92. The lowest BCUT2D eigenvalue weighted by atomic mass is 10.1. The Hall–Kier alpha value is -3.79. The Bertz CT molecular complexity index is 1370. The van der Waals surface area contributed by atoms with Crippen molar-refractivity contribution in [1.29, 1.82) is 0 Å². The van der Waals surface area contributed by atoms with Crippen LogP contribution in [0.15, 0.2) is 71.7 Å². The SMILES string of the molecule is Cc1cc(C)c(N=Cc2ccc3cccc(-c4nc5ccccc5[nH]4)c3n2)c(C)c1. The summed E-state index contributed by atoms with van der Waals surface area (Å²) in [5.74, 6) is 0.827. The molecule has 0 aliphatic rings. The summed E-state index contributed by atoms with van der Waals surface area (Å²) in [6, 6.07) is 22.6. The number of rotatable bonds is 3. The number of hydrogen-bond acceptors (Lipinski definition) is 3. The first kappa shape index (κ1) is 18.3. The minimum absolute atomic E-state index is 0.824. The van der Waals surface area contributed by atoms with Crippen molar-refractivity contribution in [2.24, 2.45) is 4.99 Å². The average Bonchev–Trinajstić information content (AvgIpc) is 3.16. The molecule has 4 nitrogen and oxygen atoms in total. The number of benzene rings is 3. The van der Waals surface area contributed by atoms with Crippen LogP contribution in [-0.2, 0) is 0 Å². The molecule has 0 amide bonds. The van der Waals surface area contributed by atoms with Gasteiger partial charge in [0.2, 0.25) is 0 Å². The second-order valence-corrected chi connectivity index (χ2v) is 7.72. The van der Waals surface area contributed by atoms with Crippen LogP contribution in [0.5, 0.6) is 0 Å². The lowest BCUT2D eigenvalue weighted by Gasteiger charge is -2.07. The van der Waals surface area contributed by atoms with Gasteiger partial charge in [-0.1, -0.05) is 48.0 Å². The van der Waals surface area contributed by atoms with Gasteiger partial charge in [0.1, 0.15) is 5.82 Å². The summed E-state index contributed by atoms with van der Waals surface area (Å²) in [5, 5.41) is 1.08. The molecule has 2 heterocycles. The molecular formula is C26H22N4. The van der Waals surface area contributed by atoms with Gasteiger partial charge in [0.25, 0.3) is 0 Å². The quantitative estimate of drug-likeness (QED) is 0.360. The zero-order valence-corrected chi connectivity index (χ0v) is 17.3. The minimum atomic E-state index is 0.824. The molecule has 5 aromatic rings. The Morgan fingerprint density at radius 1 is 0.833 bits per heavy atom. The fourth-order valence-electron chi connectivity index (χ4n) is 4.01. The maximum absolute atomic E-state index is 4.90. The van der Waals surface area contributed by atoms with E-state index >= 15 is 0 Å². The first-order valence-electron chi connectivity index (χ1n) is 10.1. The molecule has 0 bridgehead atoms. The third kappa shape index (κ3) is 3.26. The van der Waals surface area contributed by atoms with Crippen molar-refractivity contribution in [2.45, 2.75) is 20.8 Å². The fourth-order valence-corrected chi connectivity index (χ4v) is 4.01. The predicted octanol–water partition coefficient (Wildman–Crippen LogP) is 6.45. The summed E-state index contributed by atoms with van der Waals surface area (Å²) in [6.07, 6.45) is 1.85. The molecule has 0 fully saturated rings. The van der Waals surface area contributed by atoms with Crippen LogP contribution < -0.4 is 0 Å².